The van der Waals surface area contributed by atoms with E-state index in [0.29, 0.717) is 0 Å². The van der Waals surface area contributed by atoms with Crippen molar-refractivity contribution in [2.45, 2.75) is 37.0 Å². The molecule has 0 aromatic heterocycles. The number of hydrogen-bond donors (Lipinski definition) is 1. The SMILES string of the molecule is CC(=O)O[C@@H]1[C@H](OC(C)=O)[C@@H](O)C=C[C@H]1Br. The number of esters is 2. The van der Waals surface area contributed by atoms with Crippen molar-refractivity contribution in [2.75, 3.05) is 0 Å². The van der Waals surface area contributed by atoms with E-state index in [9.17, 15) is 14.7 Å². The van der Waals surface area contributed by atoms with E-state index in [-0.39, 0.29) is 4.83 Å². The molecular weight excluding hydrogens is 280 g/mol. The molecule has 0 heterocycles. The van der Waals surface area contributed by atoms with Crippen molar-refractivity contribution in [2.24, 2.45) is 0 Å². The van der Waals surface area contributed by atoms with Crippen molar-refractivity contribution < 1.29 is 24.2 Å². The van der Waals surface area contributed by atoms with Gasteiger partial charge in [-0.25, -0.2) is 0 Å². The highest BCUT2D eigenvalue weighted by molar-refractivity contribution is 9.09. The van der Waals surface area contributed by atoms with Gasteiger partial charge in [-0.15, -0.1) is 0 Å². The molecule has 0 amide bonds. The topological polar surface area (TPSA) is 72.8 Å². The van der Waals surface area contributed by atoms with Gasteiger partial charge in [0.2, 0.25) is 0 Å². The number of ether oxygens (including phenoxy) is 2. The molecule has 0 bridgehead atoms. The normalized spacial score (nSPS) is 33.2. The van der Waals surface area contributed by atoms with Crippen LogP contribution in [0.2, 0.25) is 0 Å². The Balaban J connectivity index is 2.83. The van der Waals surface area contributed by atoms with Crippen LogP contribution < -0.4 is 0 Å². The van der Waals surface area contributed by atoms with Crippen LogP contribution in [0.25, 0.3) is 0 Å². The van der Waals surface area contributed by atoms with Gasteiger partial charge in [-0.3, -0.25) is 9.59 Å². The third-order valence-corrected chi connectivity index (χ3v) is 2.90. The largest absolute Gasteiger partial charge is 0.457 e. The second kappa shape index (κ2) is 5.45. The van der Waals surface area contributed by atoms with Crippen molar-refractivity contribution in [1.29, 1.82) is 0 Å². The van der Waals surface area contributed by atoms with Crippen LogP contribution in [0.4, 0.5) is 0 Å². The quantitative estimate of drug-likeness (QED) is 0.457. The van der Waals surface area contributed by atoms with Gasteiger partial charge in [0.15, 0.2) is 12.2 Å². The van der Waals surface area contributed by atoms with E-state index in [0.717, 1.165) is 0 Å². The van der Waals surface area contributed by atoms with E-state index < -0.39 is 30.3 Å². The third kappa shape index (κ3) is 3.31. The predicted octanol–water partition coefficient (Wildman–Crippen LogP) is 0.544. The molecule has 0 spiro atoms. The average molecular weight is 293 g/mol. The zero-order valence-corrected chi connectivity index (χ0v) is 10.5. The van der Waals surface area contributed by atoms with Crippen molar-refractivity contribution in [3.8, 4) is 0 Å². The fraction of sp³-hybridized carbons (Fsp3) is 0.600. The lowest BCUT2D eigenvalue weighted by Gasteiger charge is -2.33. The van der Waals surface area contributed by atoms with Crippen LogP contribution in [-0.2, 0) is 19.1 Å². The summed E-state index contributed by atoms with van der Waals surface area (Å²) in [4.78, 5) is 21.5. The summed E-state index contributed by atoms with van der Waals surface area (Å²) in [5.74, 6) is -1.02. The lowest BCUT2D eigenvalue weighted by Crippen LogP contribution is -2.48. The summed E-state index contributed by atoms with van der Waals surface area (Å²) in [6, 6.07) is 0. The van der Waals surface area contributed by atoms with Crippen molar-refractivity contribution in [3.63, 3.8) is 0 Å². The molecule has 0 aromatic carbocycles. The van der Waals surface area contributed by atoms with Gasteiger partial charge in [0, 0.05) is 13.8 Å². The molecular formula is C10H13BrO5. The molecule has 0 saturated carbocycles. The summed E-state index contributed by atoms with van der Waals surface area (Å²) in [6.45, 7) is 2.49. The minimum Gasteiger partial charge on any atom is -0.457 e. The first-order chi connectivity index (χ1) is 7.41. The highest BCUT2D eigenvalue weighted by Crippen LogP contribution is 2.25. The molecule has 4 atom stereocenters. The maximum Gasteiger partial charge on any atom is 0.303 e. The Morgan fingerprint density at radius 1 is 1.12 bits per heavy atom. The highest BCUT2D eigenvalue weighted by Gasteiger charge is 2.39. The van der Waals surface area contributed by atoms with Gasteiger partial charge >= 0.3 is 11.9 Å². The molecule has 0 saturated heterocycles. The van der Waals surface area contributed by atoms with Crippen LogP contribution in [0.5, 0.6) is 0 Å². The summed E-state index contributed by atoms with van der Waals surface area (Å²) in [7, 11) is 0. The molecule has 1 aliphatic carbocycles. The Morgan fingerprint density at radius 2 is 1.62 bits per heavy atom. The lowest BCUT2D eigenvalue weighted by atomic mass is 9.98. The van der Waals surface area contributed by atoms with E-state index >= 15 is 0 Å². The monoisotopic (exact) mass is 292 g/mol. The maximum absolute atomic E-state index is 10.9. The average Bonchev–Trinajstić information content (AvgIpc) is 2.16. The first kappa shape index (κ1) is 13.2. The van der Waals surface area contributed by atoms with E-state index in [1.54, 1.807) is 6.08 Å². The number of alkyl halides is 1. The summed E-state index contributed by atoms with van der Waals surface area (Å²) >= 11 is 3.27. The summed E-state index contributed by atoms with van der Waals surface area (Å²) in [6.07, 6.45) is 0.574. The maximum atomic E-state index is 10.9. The van der Waals surface area contributed by atoms with Crippen LogP contribution >= 0.6 is 15.9 Å². The van der Waals surface area contributed by atoms with Gasteiger partial charge in [0.05, 0.1) is 4.83 Å². The smallest absolute Gasteiger partial charge is 0.303 e. The summed E-state index contributed by atoms with van der Waals surface area (Å²) in [5.41, 5.74) is 0. The Labute approximate surface area is 102 Å². The van der Waals surface area contributed by atoms with Crippen LogP contribution in [0, 0.1) is 0 Å². The molecule has 6 heteroatoms. The van der Waals surface area contributed by atoms with E-state index in [1.807, 2.05) is 0 Å². The molecule has 0 aromatic rings. The molecule has 1 aliphatic rings. The number of aliphatic hydroxyl groups excluding tert-OH is 1. The fourth-order valence-corrected chi connectivity index (χ4v) is 2.05. The Morgan fingerprint density at radius 3 is 2.12 bits per heavy atom. The molecule has 90 valence electrons. The number of rotatable bonds is 2. The van der Waals surface area contributed by atoms with Crippen LogP contribution in [-0.4, -0.2) is 40.2 Å². The molecule has 0 fully saturated rings. The van der Waals surface area contributed by atoms with Crippen LogP contribution in [0.1, 0.15) is 13.8 Å². The molecule has 5 nitrogen and oxygen atoms in total. The molecule has 1 N–H and O–H groups in total. The first-order valence-corrected chi connectivity index (χ1v) is 5.68. The minimum atomic E-state index is -0.970. The lowest BCUT2D eigenvalue weighted by molar-refractivity contribution is -0.172. The fourth-order valence-electron chi connectivity index (χ4n) is 1.47. The molecule has 0 unspecified atom stereocenters. The number of aliphatic hydroxyl groups is 1. The van der Waals surface area contributed by atoms with E-state index in [4.69, 9.17) is 9.47 Å². The molecule has 1 rings (SSSR count). The van der Waals surface area contributed by atoms with Crippen LogP contribution in [0.15, 0.2) is 12.2 Å². The van der Waals surface area contributed by atoms with Gasteiger partial charge < -0.3 is 14.6 Å². The summed E-state index contributed by atoms with van der Waals surface area (Å²) in [5, 5.41) is 9.64. The Hall–Kier alpha value is -0.880. The van der Waals surface area contributed by atoms with Crippen molar-refractivity contribution in [3.05, 3.63) is 12.2 Å². The van der Waals surface area contributed by atoms with Crippen molar-refractivity contribution in [1.82, 2.24) is 0 Å². The zero-order chi connectivity index (χ0) is 12.3. The predicted molar refractivity (Wildman–Crippen MR) is 59.0 cm³/mol. The van der Waals surface area contributed by atoms with Gasteiger partial charge in [0.25, 0.3) is 0 Å². The highest BCUT2D eigenvalue weighted by atomic mass is 79.9. The second-order valence-electron chi connectivity index (χ2n) is 3.47. The van der Waals surface area contributed by atoms with E-state index in [2.05, 4.69) is 15.9 Å². The van der Waals surface area contributed by atoms with Gasteiger partial charge in [-0.05, 0) is 0 Å². The molecule has 0 aliphatic heterocycles. The second-order valence-corrected chi connectivity index (χ2v) is 4.53. The minimum absolute atomic E-state index is 0.288. The Bertz CT molecular complexity index is 284. The number of carbonyl (C=O) groups excluding carboxylic acids is 2. The van der Waals surface area contributed by atoms with Gasteiger partial charge in [-0.2, -0.15) is 0 Å². The number of halogens is 1. The molecule has 16 heavy (non-hydrogen) atoms. The standard InChI is InChI=1S/C10H13BrO5/c1-5(12)15-9-7(11)3-4-8(14)10(9)16-6(2)13/h3-4,7-10,14H,1-2H3/t7-,8+,9+,10-/m1/s1. The zero-order valence-electron chi connectivity index (χ0n) is 8.92. The van der Waals surface area contributed by atoms with E-state index in [1.165, 1.54) is 19.9 Å². The number of carbonyl (C=O) groups is 2. The van der Waals surface area contributed by atoms with Gasteiger partial charge in [-0.1, -0.05) is 28.1 Å². The Kier molecular flexibility index (Phi) is 4.49. The third-order valence-electron chi connectivity index (χ3n) is 2.07. The number of hydrogen-bond acceptors (Lipinski definition) is 5. The summed E-state index contributed by atoms with van der Waals surface area (Å²) < 4.78 is 9.95. The molecule has 0 radical (unpaired) electrons. The van der Waals surface area contributed by atoms with Gasteiger partial charge in [0.1, 0.15) is 6.10 Å². The van der Waals surface area contributed by atoms with Crippen molar-refractivity contribution >= 4 is 27.9 Å². The van der Waals surface area contributed by atoms with Crippen LogP contribution in [0.3, 0.4) is 0 Å². The first-order valence-electron chi connectivity index (χ1n) is 4.76.